The molecule has 3 N–H and O–H groups in total. The molecule has 0 bridgehead atoms. The standard InChI is InChI=1S/C13H8Cl3NO3/c14-6-1-2-9(15)11(3-6)20-12-8(13(18)19)4-7(17)5-10(12)16/h1-5H,17H2,(H,18,19). The summed E-state index contributed by atoms with van der Waals surface area (Å²) in [5.74, 6) is -1.06. The fourth-order valence-corrected chi connectivity index (χ4v) is 2.13. The quantitative estimate of drug-likeness (QED) is 0.798. The number of nitrogens with two attached hydrogens (primary N) is 1. The van der Waals surface area contributed by atoms with E-state index in [0.717, 1.165) is 0 Å². The Kier molecular flexibility index (Phi) is 4.28. The molecule has 104 valence electrons. The number of anilines is 1. The summed E-state index contributed by atoms with van der Waals surface area (Å²) >= 11 is 17.8. The van der Waals surface area contributed by atoms with E-state index in [1.165, 1.54) is 24.3 Å². The third kappa shape index (κ3) is 3.10. The molecule has 0 aliphatic rings. The van der Waals surface area contributed by atoms with Crippen LogP contribution in [0.2, 0.25) is 15.1 Å². The van der Waals surface area contributed by atoms with Gasteiger partial charge in [-0.05, 0) is 24.3 Å². The van der Waals surface area contributed by atoms with Crippen molar-refractivity contribution < 1.29 is 14.6 Å². The fourth-order valence-electron chi connectivity index (χ4n) is 1.54. The minimum atomic E-state index is -1.22. The lowest BCUT2D eigenvalue weighted by atomic mass is 10.2. The number of carbonyl (C=O) groups is 1. The van der Waals surface area contributed by atoms with Crippen LogP contribution < -0.4 is 10.5 Å². The second kappa shape index (κ2) is 5.79. The van der Waals surface area contributed by atoms with E-state index >= 15 is 0 Å². The molecule has 0 spiro atoms. The molecule has 0 aromatic heterocycles. The van der Waals surface area contributed by atoms with Crippen molar-refractivity contribution in [2.45, 2.75) is 0 Å². The van der Waals surface area contributed by atoms with Gasteiger partial charge < -0.3 is 15.6 Å². The van der Waals surface area contributed by atoms with Gasteiger partial charge in [0, 0.05) is 16.8 Å². The van der Waals surface area contributed by atoms with E-state index in [1.807, 2.05) is 0 Å². The first kappa shape index (κ1) is 14.8. The smallest absolute Gasteiger partial charge is 0.339 e. The average molecular weight is 333 g/mol. The molecule has 2 rings (SSSR count). The summed E-state index contributed by atoms with van der Waals surface area (Å²) in [6.45, 7) is 0. The van der Waals surface area contributed by atoms with Gasteiger partial charge in [0.1, 0.15) is 11.3 Å². The predicted octanol–water partition coefficient (Wildman–Crippen LogP) is 4.72. The molecule has 2 aromatic carbocycles. The number of aromatic carboxylic acids is 1. The van der Waals surface area contributed by atoms with Crippen LogP contribution in [0.25, 0.3) is 0 Å². The van der Waals surface area contributed by atoms with Gasteiger partial charge in [0.15, 0.2) is 5.75 Å². The van der Waals surface area contributed by atoms with Crippen LogP contribution in [0.1, 0.15) is 10.4 Å². The Bertz CT molecular complexity index is 689. The van der Waals surface area contributed by atoms with Crippen LogP contribution in [0.15, 0.2) is 30.3 Å². The maximum atomic E-state index is 11.2. The second-order valence-electron chi connectivity index (χ2n) is 3.86. The molecule has 0 saturated heterocycles. The monoisotopic (exact) mass is 331 g/mol. The molecule has 0 aliphatic heterocycles. The first-order valence-electron chi connectivity index (χ1n) is 5.33. The minimum absolute atomic E-state index is 0.0440. The molecule has 2 aromatic rings. The van der Waals surface area contributed by atoms with Gasteiger partial charge in [-0.2, -0.15) is 0 Å². The number of nitrogen functional groups attached to an aromatic ring is 1. The predicted molar refractivity (Wildman–Crippen MR) is 79.4 cm³/mol. The van der Waals surface area contributed by atoms with E-state index in [4.69, 9.17) is 50.4 Å². The van der Waals surface area contributed by atoms with Crippen LogP contribution in [0.4, 0.5) is 5.69 Å². The Balaban J connectivity index is 2.53. The molecule has 0 unspecified atom stereocenters. The van der Waals surface area contributed by atoms with E-state index < -0.39 is 5.97 Å². The summed E-state index contributed by atoms with van der Waals surface area (Å²) in [6, 6.07) is 7.22. The number of carboxylic acid groups (broad SMARTS) is 1. The number of hydrogen-bond donors (Lipinski definition) is 2. The maximum absolute atomic E-state index is 11.2. The summed E-state index contributed by atoms with van der Waals surface area (Å²) < 4.78 is 5.48. The first-order chi connectivity index (χ1) is 9.38. The third-order valence-electron chi connectivity index (χ3n) is 2.40. The lowest BCUT2D eigenvalue weighted by Crippen LogP contribution is -2.02. The fraction of sp³-hybridized carbons (Fsp3) is 0. The van der Waals surface area contributed by atoms with Gasteiger partial charge in [-0.3, -0.25) is 0 Å². The number of halogens is 3. The summed E-state index contributed by atoms with van der Waals surface area (Å²) in [5, 5.41) is 9.90. The van der Waals surface area contributed by atoms with Gasteiger partial charge >= 0.3 is 5.97 Å². The van der Waals surface area contributed by atoms with Gasteiger partial charge in [0.2, 0.25) is 0 Å². The Labute approximate surface area is 129 Å². The summed E-state index contributed by atoms with van der Waals surface area (Å²) in [5.41, 5.74) is 5.62. The van der Waals surface area contributed by atoms with Crippen LogP contribution in [0.3, 0.4) is 0 Å². The lowest BCUT2D eigenvalue weighted by molar-refractivity contribution is 0.0694. The van der Waals surface area contributed by atoms with Crippen LogP contribution in [0, 0.1) is 0 Å². The van der Waals surface area contributed by atoms with Gasteiger partial charge in [0.25, 0.3) is 0 Å². The van der Waals surface area contributed by atoms with Crippen LogP contribution in [-0.4, -0.2) is 11.1 Å². The lowest BCUT2D eigenvalue weighted by Gasteiger charge is -2.12. The number of rotatable bonds is 3. The summed E-state index contributed by atoms with van der Waals surface area (Å²) in [7, 11) is 0. The van der Waals surface area contributed by atoms with Crippen molar-refractivity contribution in [3.63, 3.8) is 0 Å². The molecule has 0 saturated carbocycles. The van der Waals surface area contributed by atoms with Crippen molar-refractivity contribution in [1.29, 1.82) is 0 Å². The van der Waals surface area contributed by atoms with Crippen LogP contribution in [0.5, 0.6) is 11.5 Å². The topological polar surface area (TPSA) is 72.5 Å². The van der Waals surface area contributed by atoms with Crippen molar-refractivity contribution in [3.05, 3.63) is 51.0 Å². The highest BCUT2D eigenvalue weighted by atomic mass is 35.5. The molecule has 0 fully saturated rings. The summed E-state index contributed by atoms with van der Waals surface area (Å²) in [6.07, 6.45) is 0. The van der Waals surface area contributed by atoms with Crippen molar-refractivity contribution >= 4 is 46.5 Å². The van der Waals surface area contributed by atoms with Crippen molar-refractivity contribution in [2.75, 3.05) is 5.73 Å². The molecule has 7 heteroatoms. The highest BCUT2D eigenvalue weighted by molar-refractivity contribution is 6.34. The number of benzene rings is 2. The molecule has 0 radical (unpaired) electrons. The second-order valence-corrected chi connectivity index (χ2v) is 5.11. The van der Waals surface area contributed by atoms with E-state index in [0.29, 0.717) is 5.02 Å². The maximum Gasteiger partial charge on any atom is 0.339 e. The zero-order chi connectivity index (χ0) is 14.9. The van der Waals surface area contributed by atoms with E-state index in [1.54, 1.807) is 6.07 Å². The normalized spacial score (nSPS) is 10.3. The Hall–Kier alpha value is -1.62. The number of carboxylic acids is 1. The van der Waals surface area contributed by atoms with Crippen molar-refractivity contribution in [1.82, 2.24) is 0 Å². The van der Waals surface area contributed by atoms with E-state index in [-0.39, 0.29) is 32.8 Å². The molecule has 0 heterocycles. The average Bonchev–Trinajstić information content (AvgIpc) is 2.36. The van der Waals surface area contributed by atoms with Gasteiger partial charge in [-0.15, -0.1) is 0 Å². The van der Waals surface area contributed by atoms with Crippen LogP contribution in [-0.2, 0) is 0 Å². The molecular weight excluding hydrogens is 325 g/mol. The zero-order valence-electron chi connectivity index (χ0n) is 9.86. The molecule has 0 atom stereocenters. The first-order valence-corrected chi connectivity index (χ1v) is 6.47. The van der Waals surface area contributed by atoms with Crippen molar-refractivity contribution in [2.24, 2.45) is 0 Å². The van der Waals surface area contributed by atoms with Gasteiger partial charge in [-0.25, -0.2) is 4.79 Å². The van der Waals surface area contributed by atoms with Gasteiger partial charge in [-0.1, -0.05) is 34.8 Å². The SMILES string of the molecule is Nc1cc(Cl)c(Oc2cc(Cl)ccc2Cl)c(C(=O)O)c1. The molecule has 0 aliphatic carbocycles. The van der Waals surface area contributed by atoms with Crippen LogP contribution >= 0.6 is 34.8 Å². The highest BCUT2D eigenvalue weighted by Gasteiger charge is 2.18. The number of hydrogen-bond acceptors (Lipinski definition) is 3. The third-order valence-corrected chi connectivity index (χ3v) is 3.23. The largest absolute Gasteiger partial charge is 0.478 e. The summed E-state index contributed by atoms with van der Waals surface area (Å²) in [4.78, 5) is 11.2. The number of ether oxygens (including phenoxy) is 1. The Morgan fingerprint density at radius 3 is 2.45 bits per heavy atom. The van der Waals surface area contributed by atoms with E-state index in [9.17, 15) is 4.79 Å². The molecule has 20 heavy (non-hydrogen) atoms. The zero-order valence-corrected chi connectivity index (χ0v) is 12.1. The van der Waals surface area contributed by atoms with Gasteiger partial charge in [0.05, 0.1) is 10.0 Å². The van der Waals surface area contributed by atoms with Crippen molar-refractivity contribution in [3.8, 4) is 11.5 Å². The highest BCUT2D eigenvalue weighted by Crippen LogP contribution is 2.38. The van der Waals surface area contributed by atoms with E-state index in [2.05, 4.69) is 0 Å². The minimum Gasteiger partial charge on any atom is -0.478 e. The Morgan fingerprint density at radius 1 is 1.10 bits per heavy atom. The molecule has 0 amide bonds. The Morgan fingerprint density at radius 2 is 1.80 bits per heavy atom. The molecular formula is C13H8Cl3NO3. The molecule has 4 nitrogen and oxygen atoms in total.